The van der Waals surface area contributed by atoms with E-state index in [4.69, 9.17) is 92.8 Å². The fourth-order valence-corrected chi connectivity index (χ4v) is 7.60. The van der Waals surface area contributed by atoms with Gasteiger partial charge in [0.15, 0.2) is 11.6 Å². The van der Waals surface area contributed by atoms with E-state index in [0.717, 1.165) is 12.1 Å². The van der Waals surface area contributed by atoms with Crippen molar-refractivity contribution in [2.45, 2.75) is 10.8 Å². The first-order chi connectivity index (χ1) is 20.5. The molecule has 0 radical (unpaired) electrons. The van der Waals surface area contributed by atoms with Crippen LogP contribution in [0.4, 0.5) is 5.69 Å². The number of hydrogen-bond acceptors (Lipinski definition) is 8. The Labute approximate surface area is 303 Å². The van der Waals surface area contributed by atoms with Gasteiger partial charge in [-0.2, -0.15) is 0 Å². The van der Waals surface area contributed by atoms with Crippen molar-refractivity contribution in [3.05, 3.63) is 92.4 Å². The molecule has 0 bridgehead atoms. The number of rotatable bonds is 3. The van der Waals surface area contributed by atoms with Crippen molar-refractivity contribution in [1.82, 2.24) is 4.98 Å². The Bertz CT molecular complexity index is 2150. The molecular weight excluding hydrogens is 795 g/mol. The molecule has 2 heterocycles. The summed E-state index contributed by atoms with van der Waals surface area (Å²) in [7, 11) is -5.16. The van der Waals surface area contributed by atoms with Crippen molar-refractivity contribution in [1.29, 1.82) is 0 Å². The largest absolute Gasteiger partial charge is 3.00 e. The monoisotopic (exact) mass is 796 g/mol. The number of amides is 2. The molecule has 0 atom stereocenters. The van der Waals surface area contributed by atoms with Crippen molar-refractivity contribution in [2.24, 2.45) is 0 Å². The van der Waals surface area contributed by atoms with Crippen molar-refractivity contribution in [3.63, 3.8) is 0 Å². The van der Waals surface area contributed by atoms with E-state index in [9.17, 15) is 32.1 Å². The second-order valence-electron chi connectivity index (χ2n) is 9.32. The summed E-state index contributed by atoms with van der Waals surface area (Å²) in [4.78, 5) is 58.3. The number of carbonyl (C=O) groups excluding carboxylic acids is 4. The Hall–Kier alpha value is -1.69. The molecule has 1 aliphatic carbocycles. The van der Waals surface area contributed by atoms with Crippen LogP contribution in [0.1, 0.15) is 53.0 Å². The van der Waals surface area contributed by atoms with Gasteiger partial charge in [-0.15, -0.1) is 0 Å². The maximum absolute atomic E-state index is 13.6. The Morgan fingerprint density at radius 1 is 0.644 bits per heavy atom. The predicted molar refractivity (Wildman–Crippen MR) is 171 cm³/mol. The molecule has 9 nitrogen and oxygen atoms in total. The standard InChI is InChI=1S/C26H6Cl8N2O7S.Al/c27-14-10-11(15(28)19(32)18(14)31)24(38)9(23(10)37)7-2-1-5-3-6(44(41,42)43)4-8(22(5)35-7)36-25(39)12-13(26(36)40)17(30)21(34)20(33)16(12)29;/h1-4,9H,(H,41,42,43);/q;+3/p-1. The minimum Gasteiger partial charge on any atom is -0.744 e. The Kier molecular flexibility index (Phi) is 9.06. The van der Waals surface area contributed by atoms with Gasteiger partial charge in [0.25, 0.3) is 11.8 Å². The summed E-state index contributed by atoms with van der Waals surface area (Å²) in [5, 5.41) is -2.64. The summed E-state index contributed by atoms with van der Waals surface area (Å²) in [5.74, 6) is -5.49. The second-order valence-corrected chi connectivity index (χ2v) is 13.7. The fraction of sp³-hybridized carbons (Fsp3) is 0.0385. The minimum atomic E-state index is -5.16. The number of pyridine rings is 1. The normalized spacial score (nSPS) is 14.8. The molecule has 2 aliphatic rings. The van der Waals surface area contributed by atoms with Gasteiger partial charge in [0.2, 0.25) is 0 Å². The Morgan fingerprint density at radius 3 is 1.49 bits per heavy atom. The maximum atomic E-state index is 13.6. The molecular formula is C26H5AlCl8N2O7S+2. The zero-order valence-electron chi connectivity index (χ0n) is 21.1. The molecule has 3 aromatic carbocycles. The van der Waals surface area contributed by atoms with Gasteiger partial charge < -0.3 is 4.55 Å². The van der Waals surface area contributed by atoms with Crippen LogP contribution in [0.25, 0.3) is 10.9 Å². The van der Waals surface area contributed by atoms with E-state index in [0.29, 0.717) is 4.90 Å². The molecule has 0 fully saturated rings. The number of aromatic nitrogens is 1. The van der Waals surface area contributed by atoms with Crippen LogP contribution in [0.5, 0.6) is 0 Å². The smallest absolute Gasteiger partial charge is 0.744 e. The third-order valence-corrected chi connectivity index (χ3v) is 11.4. The topological polar surface area (TPSA) is 142 Å². The third-order valence-electron chi connectivity index (χ3n) is 6.98. The summed E-state index contributed by atoms with van der Waals surface area (Å²) in [5.41, 5.74) is -2.43. The molecule has 2 amide bonds. The predicted octanol–water partition coefficient (Wildman–Crippen LogP) is 7.95. The number of ketones is 2. The number of anilines is 1. The average molecular weight is 800 g/mol. The molecule has 0 saturated carbocycles. The molecule has 1 aliphatic heterocycles. The number of Topliss-reactive ketones (excluding diaryl/α,β-unsaturated/α-hetero) is 2. The Morgan fingerprint density at radius 2 is 1.07 bits per heavy atom. The third kappa shape index (κ3) is 5.00. The van der Waals surface area contributed by atoms with E-state index in [1.807, 2.05) is 0 Å². The summed E-state index contributed by atoms with van der Waals surface area (Å²) in [6, 6.07) is 4.10. The quantitative estimate of drug-likeness (QED) is 0.0508. The average Bonchev–Trinajstić information content (AvgIpc) is 3.39. The van der Waals surface area contributed by atoms with Crippen molar-refractivity contribution in [2.75, 3.05) is 4.90 Å². The molecule has 0 saturated heterocycles. The molecule has 224 valence electrons. The first-order valence-corrected chi connectivity index (χ1v) is 16.0. The molecule has 4 aromatic rings. The summed E-state index contributed by atoms with van der Waals surface area (Å²) >= 11 is 49.3. The molecule has 45 heavy (non-hydrogen) atoms. The number of carbonyl (C=O) groups is 4. The van der Waals surface area contributed by atoms with Crippen molar-refractivity contribution < 1.29 is 32.1 Å². The van der Waals surface area contributed by atoms with Gasteiger partial charge in [0.1, 0.15) is 16.0 Å². The zero-order valence-corrected chi connectivity index (χ0v) is 29.2. The van der Waals surface area contributed by atoms with E-state index < -0.39 is 71.2 Å². The van der Waals surface area contributed by atoms with Gasteiger partial charge >= 0.3 is 17.4 Å². The van der Waals surface area contributed by atoms with Gasteiger partial charge in [-0.3, -0.25) is 19.2 Å². The molecule has 0 spiro atoms. The number of hydrogen-bond donors (Lipinski definition) is 0. The number of nitrogens with zero attached hydrogens (tertiary/aromatic N) is 2. The van der Waals surface area contributed by atoms with E-state index in [1.54, 1.807) is 0 Å². The first kappa shape index (κ1) is 34.6. The second kappa shape index (κ2) is 11.8. The van der Waals surface area contributed by atoms with Crippen LogP contribution in [0.2, 0.25) is 40.2 Å². The number of imide groups is 1. The van der Waals surface area contributed by atoms with Gasteiger partial charge in [0.05, 0.1) is 84.2 Å². The molecule has 0 N–H and O–H groups in total. The van der Waals surface area contributed by atoms with Crippen LogP contribution in [0.15, 0.2) is 29.2 Å². The van der Waals surface area contributed by atoms with Crippen LogP contribution in [0, 0.1) is 0 Å². The number of halogens is 8. The van der Waals surface area contributed by atoms with Crippen molar-refractivity contribution >= 4 is 160 Å². The van der Waals surface area contributed by atoms with Crippen LogP contribution in [-0.2, 0) is 10.1 Å². The van der Waals surface area contributed by atoms with Crippen LogP contribution >= 0.6 is 92.8 Å². The van der Waals surface area contributed by atoms with Crippen molar-refractivity contribution in [3.8, 4) is 0 Å². The number of benzene rings is 3. The SMILES string of the molecule is O=C1c2c(Cl)c(Cl)c(Cl)c(Cl)c2C(=O)C1c1ccc2cc(S(=O)(=O)[O-])cc(N3C(=O)c4c(Cl)c(Cl)c(Cl)c(Cl)c4C3=O)c2n1.[Al+3]. The Balaban J connectivity index is 0.00000400. The van der Waals surface area contributed by atoms with Gasteiger partial charge in [0, 0.05) is 5.39 Å². The van der Waals surface area contributed by atoms with E-state index in [2.05, 4.69) is 4.98 Å². The summed E-state index contributed by atoms with van der Waals surface area (Å²) in [6.45, 7) is 0. The molecule has 6 rings (SSSR count). The molecule has 19 heteroatoms. The summed E-state index contributed by atoms with van der Waals surface area (Å²) in [6.07, 6.45) is 0. The van der Waals surface area contributed by atoms with Gasteiger partial charge in [-0.25, -0.2) is 18.3 Å². The number of fused-ring (bicyclic) bond motifs is 3. The first-order valence-electron chi connectivity index (χ1n) is 11.6. The van der Waals surface area contributed by atoms with E-state index in [1.165, 1.54) is 12.1 Å². The van der Waals surface area contributed by atoms with E-state index >= 15 is 0 Å². The van der Waals surface area contributed by atoms with Crippen LogP contribution in [0.3, 0.4) is 0 Å². The minimum absolute atomic E-state index is 0. The summed E-state index contributed by atoms with van der Waals surface area (Å²) < 4.78 is 36.2. The molecule has 0 unspecified atom stereocenters. The van der Waals surface area contributed by atoms with E-state index in [-0.39, 0.29) is 75.2 Å². The van der Waals surface area contributed by atoms with Gasteiger partial charge in [-0.1, -0.05) is 98.9 Å². The van der Waals surface area contributed by atoms with Crippen LogP contribution in [-0.4, -0.2) is 58.7 Å². The van der Waals surface area contributed by atoms with Crippen LogP contribution < -0.4 is 4.90 Å². The zero-order chi connectivity index (χ0) is 32.3. The van der Waals surface area contributed by atoms with Gasteiger partial charge in [-0.05, 0) is 18.2 Å². The molecule has 1 aromatic heterocycles. The fourth-order valence-electron chi connectivity index (χ4n) is 5.02. The maximum Gasteiger partial charge on any atom is 3.00 e.